The maximum atomic E-state index is 12.7. The van der Waals surface area contributed by atoms with E-state index in [1.54, 1.807) is 26.0 Å². The third-order valence-corrected chi connectivity index (χ3v) is 4.70. The fourth-order valence-electron chi connectivity index (χ4n) is 2.71. The topological polar surface area (TPSA) is 84.9 Å². The molecular formula is C19H25BrN2O5. The van der Waals surface area contributed by atoms with Gasteiger partial charge in [0.15, 0.2) is 0 Å². The molecule has 27 heavy (non-hydrogen) atoms. The van der Waals surface area contributed by atoms with Gasteiger partial charge in [0.25, 0.3) is 5.91 Å². The van der Waals surface area contributed by atoms with Gasteiger partial charge in [-0.3, -0.25) is 4.79 Å². The predicted octanol–water partition coefficient (Wildman–Crippen LogP) is 3.12. The molecule has 0 aromatic heterocycles. The minimum atomic E-state index is -0.952. The molecule has 0 bridgehead atoms. The van der Waals surface area contributed by atoms with Crippen LogP contribution in [0.3, 0.4) is 0 Å². The highest BCUT2D eigenvalue weighted by atomic mass is 79.9. The van der Waals surface area contributed by atoms with E-state index in [0.29, 0.717) is 5.75 Å². The number of hydrogen-bond acceptors (Lipinski definition) is 5. The minimum Gasteiger partial charge on any atom is -0.491 e. The van der Waals surface area contributed by atoms with E-state index in [1.165, 1.54) is 0 Å². The van der Waals surface area contributed by atoms with Crippen molar-refractivity contribution in [1.29, 1.82) is 0 Å². The summed E-state index contributed by atoms with van der Waals surface area (Å²) < 4.78 is 11.7. The molecule has 1 saturated heterocycles. The van der Waals surface area contributed by atoms with Crippen molar-refractivity contribution in [3.05, 3.63) is 28.7 Å². The van der Waals surface area contributed by atoms with Crippen molar-refractivity contribution in [2.24, 2.45) is 5.92 Å². The van der Waals surface area contributed by atoms with Crippen molar-refractivity contribution >= 4 is 33.8 Å². The summed E-state index contributed by atoms with van der Waals surface area (Å²) in [7, 11) is 0. The van der Waals surface area contributed by atoms with Crippen molar-refractivity contribution in [1.82, 2.24) is 10.2 Å². The summed E-state index contributed by atoms with van der Waals surface area (Å²) in [6.07, 6.45) is 1.62. The van der Waals surface area contributed by atoms with Crippen molar-refractivity contribution < 1.29 is 23.9 Å². The second-order valence-corrected chi connectivity index (χ2v) is 7.60. The van der Waals surface area contributed by atoms with Gasteiger partial charge < -0.3 is 14.8 Å². The second-order valence-electron chi connectivity index (χ2n) is 6.69. The Hall–Kier alpha value is -2.09. The molecule has 0 unspecified atom stereocenters. The Morgan fingerprint density at radius 2 is 1.93 bits per heavy atom. The number of rotatable bonds is 9. The molecule has 0 saturated carbocycles. The molecule has 2 atom stereocenters. The molecule has 0 aliphatic carbocycles. The number of ether oxygens (including phenoxy) is 2. The van der Waals surface area contributed by atoms with Gasteiger partial charge >= 0.3 is 12.0 Å². The van der Waals surface area contributed by atoms with Crippen LogP contribution in [0.25, 0.3) is 0 Å². The first kappa shape index (κ1) is 21.2. The summed E-state index contributed by atoms with van der Waals surface area (Å²) in [5, 5.41) is 2.59. The third-order valence-electron chi connectivity index (χ3n) is 4.18. The van der Waals surface area contributed by atoms with Gasteiger partial charge in [-0.1, -0.05) is 43.1 Å². The Kier molecular flexibility index (Phi) is 7.65. The molecule has 3 amide bonds. The molecule has 1 N–H and O–H groups in total. The normalized spacial score (nSPS) is 17.8. The summed E-state index contributed by atoms with van der Waals surface area (Å²) in [6, 6.07) is 4.75. The number of halogens is 1. The smallest absolute Gasteiger partial charge is 0.329 e. The van der Waals surface area contributed by atoms with Crippen molar-refractivity contribution in [2.75, 3.05) is 13.2 Å². The lowest BCUT2D eigenvalue weighted by Gasteiger charge is -2.26. The first-order valence-electron chi connectivity index (χ1n) is 9.03. The van der Waals surface area contributed by atoms with E-state index in [2.05, 4.69) is 21.2 Å². The van der Waals surface area contributed by atoms with Crippen LogP contribution in [0.2, 0.25) is 0 Å². The van der Waals surface area contributed by atoms with Gasteiger partial charge in [0.1, 0.15) is 24.4 Å². The van der Waals surface area contributed by atoms with Crippen LogP contribution in [-0.2, 0) is 14.3 Å². The number of urea groups is 1. The highest BCUT2D eigenvalue weighted by Crippen LogP contribution is 2.21. The van der Waals surface area contributed by atoms with Crippen LogP contribution in [0.4, 0.5) is 4.79 Å². The van der Waals surface area contributed by atoms with E-state index < -0.39 is 30.0 Å². The molecule has 1 aromatic carbocycles. The van der Waals surface area contributed by atoms with E-state index in [9.17, 15) is 14.4 Å². The number of nitrogens with zero attached hydrogens (tertiary/aromatic N) is 1. The lowest BCUT2D eigenvalue weighted by atomic mass is 10.0. The Bertz CT molecular complexity index is 677. The van der Waals surface area contributed by atoms with Crippen LogP contribution in [0.5, 0.6) is 5.75 Å². The number of hydrogen-bond donors (Lipinski definition) is 1. The number of imide groups is 1. The van der Waals surface area contributed by atoms with Crippen LogP contribution < -0.4 is 10.1 Å². The summed E-state index contributed by atoms with van der Waals surface area (Å²) in [5.74, 6) is -0.724. The number of amides is 3. The number of esters is 1. The molecule has 0 radical (unpaired) electrons. The van der Waals surface area contributed by atoms with Gasteiger partial charge in [-0.2, -0.15) is 0 Å². The van der Waals surface area contributed by atoms with Crippen LogP contribution in [0, 0.1) is 5.92 Å². The molecule has 0 spiro atoms. The molecule has 8 heteroatoms. The molecule has 1 aromatic rings. The van der Waals surface area contributed by atoms with Gasteiger partial charge in [-0.15, -0.1) is 0 Å². The lowest BCUT2D eigenvalue weighted by Crippen LogP contribution is -2.49. The molecule has 2 rings (SSSR count). The van der Waals surface area contributed by atoms with Crippen molar-refractivity contribution in [3.8, 4) is 5.75 Å². The summed E-state index contributed by atoms with van der Waals surface area (Å²) in [4.78, 5) is 38.5. The highest BCUT2D eigenvalue weighted by molar-refractivity contribution is 9.10. The molecule has 148 valence electrons. The molecular weight excluding hydrogens is 416 g/mol. The van der Waals surface area contributed by atoms with Crippen molar-refractivity contribution in [3.63, 3.8) is 0 Å². The number of carbonyl (C=O) groups excluding carboxylic acids is 3. The van der Waals surface area contributed by atoms with E-state index in [0.717, 1.165) is 22.2 Å². The Morgan fingerprint density at radius 1 is 1.26 bits per heavy atom. The van der Waals surface area contributed by atoms with Gasteiger partial charge in [0, 0.05) is 4.47 Å². The van der Waals surface area contributed by atoms with Gasteiger partial charge in [0.05, 0.1) is 6.61 Å². The molecule has 1 aliphatic heterocycles. The SMILES string of the molecule is CCCCOC(=O)[C@@H](C(C)C)N1C(=O)N[C@@H](COc2ccc(Br)cc2)C1=O. The quantitative estimate of drug-likeness (QED) is 0.362. The fourth-order valence-corrected chi connectivity index (χ4v) is 2.98. The maximum absolute atomic E-state index is 12.7. The zero-order chi connectivity index (χ0) is 20.0. The minimum absolute atomic E-state index is 0.0155. The van der Waals surface area contributed by atoms with E-state index in [1.807, 2.05) is 19.1 Å². The largest absolute Gasteiger partial charge is 0.491 e. The summed E-state index contributed by atoms with van der Waals surface area (Å²) in [6.45, 7) is 5.80. The van der Waals surface area contributed by atoms with Gasteiger partial charge in [-0.25, -0.2) is 14.5 Å². The van der Waals surface area contributed by atoms with Crippen LogP contribution in [0.15, 0.2) is 28.7 Å². The zero-order valence-corrected chi connectivity index (χ0v) is 17.3. The number of carbonyl (C=O) groups is 3. The Balaban J connectivity index is 2.03. The summed E-state index contributed by atoms with van der Waals surface area (Å²) >= 11 is 3.34. The Morgan fingerprint density at radius 3 is 2.52 bits per heavy atom. The molecule has 7 nitrogen and oxygen atoms in total. The Labute approximate surface area is 167 Å². The number of nitrogens with one attached hydrogen (secondary N) is 1. The highest BCUT2D eigenvalue weighted by Gasteiger charge is 2.46. The van der Waals surface area contributed by atoms with Crippen molar-refractivity contribution in [2.45, 2.75) is 45.7 Å². The number of unbranched alkanes of at least 4 members (excludes halogenated alkanes) is 1. The van der Waals surface area contributed by atoms with Crippen LogP contribution >= 0.6 is 15.9 Å². The molecule has 1 heterocycles. The maximum Gasteiger partial charge on any atom is 0.329 e. The average Bonchev–Trinajstić information content (AvgIpc) is 2.89. The average molecular weight is 441 g/mol. The third kappa shape index (κ3) is 5.45. The van der Waals surface area contributed by atoms with Crippen LogP contribution in [0.1, 0.15) is 33.6 Å². The standard InChI is InChI=1S/C19H25BrN2O5/c1-4-5-10-26-18(24)16(12(2)3)22-17(23)15(21-19(22)25)11-27-14-8-6-13(20)7-9-14/h6-9,12,15-16H,4-5,10-11H2,1-3H3,(H,21,25)/t15-,16+/m0/s1. The fraction of sp³-hybridized carbons (Fsp3) is 0.526. The lowest BCUT2D eigenvalue weighted by molar-refractivity contribution is -0.154. The predicted molar refractivity (Wildman–Crippen MR) is 103 cm³/mol. The number of benzene rings is 1. The monoisotopic (exact) mass is 440 g/mol. The van der Waals surface area contributed by atoms with E-state index in [4.69, 9.17) is 9.47 Å². The van der Waals surface area contributed by atoms with Crippen LogP contribution in [-0.4, -0.2) is 48.1 Å². The first-order chi connectivity index (χ1) is 12.8. The summed E-state index contributed by atoms with van der Waals surface area (Å²) in [5.41, 5.74) is 0. The van der Waals surface area contributed by atoms with E-state index >= 15 is 0 Å². The first-order valence-corrected chi connectivity index (χ1v) is 9.83. The van der Waals surface area contributed by atoms with Gasteiger partial charge in [-0.05, 0) is 36.6 Å². The van der Waals surface area contributed by atoms with Gasteiger partial charge in [0.2, 0.25) is 0 Å². The molecule has 1 aliphatic rings. The zero-order valence-electron chi connectivity index (χ0n) is 15.7. The molecule has 1 fully saturated rings. The van der Waals surface area contributed by atoms with E-state index in [-0.39, 0.29) is 19.1 Å². The second kappa shape index (κ2) is 9.73.